The number of morpholine rings is 1. The van der Waals surface area contributed by atoms with E-state index in [2.05, 4.69) is 61.0 Å². The first-order valence-electron chi connectivity index (χ1n) is 10.2. The fraction of sp³-hybridized carbons (Fsp3) is 0.417. The zero-order chi connectivity index (χ0) is 19.7. The number of anilines is 1. The molecule has 2 heterocycles. The number of nitrogens with one attached hydrogen (secondary N) is 1. The quantitative estimate of drug-likeness (QED) is 0.623. The Labute approximate surface area is 166 Å². The van der Waals surface area contributed by atoms with E-state index >= 15 is 0 Å². The molecule has 3 aromatic rings. The average Bonchev–Trinajstić information content (AvgIpc) is 3.12. The monoisotopic (exact) mass is 380 g/mol. The third-order valence-corrected chi connectivity index (χ3v) is 5.76. The van der Waals surface area contributed by atoms with Gasteiger partial charge in [0.1, 0.15) is 5.82 Å². The Balaban J connectivity index is 1.50. The summed E-state index contributed by atoms with van der Waals surface area (Å²) in [5, 5.41) is 1.25. The van der Waals surface area contributed by atoms with Gasteiger partial charge in [-0.1, -0.05) is 39.0 Å². The molecule has 0 saturated carbocycles. The first-order chi connectivity index (χ1) is 13.5. The molecule has 0 radical (unpaired) electrons. The summed E-state index contributed by atoms with van der Waals surface area (Å²) in [6, 6.07) is 14.5. The highest BCUT2D eigenvalue weighted by atomic mass is 19.1. The Morgan fingerprint density at radius 1 is 1.04 bits per heavy atom. The van der Waals surface area contributed by atoms with Crippen LogP contribution >= 0.6 is 0 Å². The van der Waals surface area contributed by atoms with Gasteiger partial charge in [0.05, 0.1) is 18.9 Å². The van der Waals surface area contributed by atoms with Crippen molar-refractivity contribution in [3.05, 3.63) is 65.1 Å². The lowest BCUT2D eigenvalue weighted by Gasteiger charge is -2.29. The SMILES string of the molecule is CC(C)c1cc2ccc(CC(C)c3ccc(N4CCOCC4)c(F)c3)cc2[nH]1. The molecule has 1 atom stereocenters. The highest BCUT2D eigenvalue weighted by Crippen LogP contribution is 2.28. The normalized spacial score (nSPS) is 16.1. The van der Waals surface area contributed by atoms with Gasteiger partial charge in [0.25, 0.3) is 0 Å². The van der Waals surface area contributed by atoms with Crippen LogP contribution in [0, 0.1) is 5.82 Å². The van der Waals surface area contributed by atoms with Crippen molar-refractivity contribution in [2.75, 3.05) is 31.2 Å². The van der Waals surface area contributed by atoms with E-state index in [1.807, 2.05) is 6.07 Å². The molecule has 0 aliphatic carbocycles. The summed E-state index contributed by atoms with van der Waals surface area (Å²) in [5.41, 5.74) is 5.45. The van der Waals surface area contributed by atoms with E-state index in [-0.39, 0.29) is 11.7 Å². The van der Waals surface area contributed by atoms with Crippen LogP contribution < -0.4 is 4.90 Å². The number of H-pyrrole nitrogens is 1. The third-order valence-electron chi connectivity index (χ3n) is 5.76. The first-order valence-corrected chi connectivity index (χ1v) is 10.2. The van der Waals surface area contributed by atoms with Crippen molar-refractivity contribution >= 4 is 16.6 Å². The highest BCUT2D eigenvalue weighted by Gasteiger charge is 2.17. The van der Waals surface area contributed by atoms with Gasteiger partial charge in [0, 0.05) is 24.3 Å². The number of nitrogens with zero attached hydrogens (tertiary/aromatic N) is 1. The summed E-state index contributed by atoms with van der Waals surface area (Å²) < 4.78 is 20.1. The summed E-state index contributed by atoms with van der Waals surface area (Å²) in [4.78, 5) is 5.59. The molecule has 1 aromatic heterocycles. The number of benzene rings is 2. The van der Waals surface area contributed by atoms with Gasteiger partial charge >= 0.3 is 0 Å². The van der Waals surface area contributed by atoms with E-state index in [1.54, 1.807) is 6.07 Å². The molecular formula is C24H29FN2O. The molecule has 0 spiro atoms. The molecule has 1 saturated heterocycles. The number of aromatic amines is 1. The lowest BCUT2D eigenvalue weighted by atomic mass is 9.93. The molecule has 4 rings (SSSR count). The minimum atomic E-state index is -0.132. The van der Waals surface area contributed by atoms with Crippen LogP contribution in [-0.4, -0.2) is 31.3 Å². The van der Waals surface area contributed by atoms with E-state index in [0.29, 0.717) is 24.8 Å². The lowest BCUT2D eigenvalue weighted by molar-refractivity contribution is 0.122. The van der Waals surface area contributed by atoms with Gasteiger partial charge in [-0.15, -0.1) is 0 Å². The Kier molecular flexibility index (Phi) is 5.40. The second-order valence-electron chi connectivity index (χ2n) is 8.22. The van der Waals surface area contributed by atoms with Gasteiger partial charge in [0.2, 0.25) is 0 Å². The van der Waals surface area contributed by atoms with Crippen molar-refractivity contribution in [1.82, 2.24) is 4.98 Å². The number of aromatic nitrogens is 1. The molecule has 1 unspecified atom stereocenters. The Morgan fingerprint density at radius 2 is 1.82 bits per heavy atom. The standard InChI is InChI=1S/C24H29FN2O/c1-16(2)22-15-20-5-4-18(13-23(20)26-22)12-17(3)19-6-7-24(21(25)14-19)27-8-10-28-11-9-27/h4-7,13-17,26H,8-12H2,1-3H3. The van der Waals surface area contributed by atoms with Crippen molar-refractivity contribution < 1.29 is 9.13 Å². The molecule has 0 amide bonds. The molecule has 1 fully saturated rings. The third kappa shape index (κ3) is 3.93. The maximum atomic E-state index is 14.7. The summed E-state index contributed by atoms with van der Waals surface area (Å²) in [6.45, 7) is 9.39. The van der Waals surface area contributed by atoms with Gasteiger partial charge in [-0.25, -0.2) is 4.39 Å². The second-order valence-corrected chi connectivity index (χ2v) is 8.22. The summed E-state index contributed by atoms with van der Waals surface area (Å²) in [7, 11) is 0. The van der Waals surface area contributed by atoms with E-state index in [1.165, 1.54) is 22.2 Å². The van der Waals surface area contributed by atoms with E-state index in [0.717, 1.165) is 25.1 Å². The molecule has 1 N–H and O–H groups in total. The summed E-state index contributed by atoms with van der Waals surface area (Å²) >= 11 is 0. The Morgan fingerprint density at radius 3 is 2.54 bits per heavy atom. The molecule has 3 nitrogen and oxygen atoms in total. The fourth-order valence-electron chi connectivity index (χ4n) is 4.00. The molecule has 4 heteroatoms. The van der Waals surface area contributed by atoms with Crippen molar-refractivity contribution in [3.63, 3.8) is 0 Å². The Bertz CT molecular complexity index is 956. The van der Waals surface area contributed by atoms with Crippen molar-refractivity contribution in [3.8, 4) is 0 Å². The van der Waals surface area contributed by atoms with Gasteiger partial charge in [-0.3, -0.25) is 0 Å². The van der Waals surface area contributed by atoms with Gasteiger partial charge < -0.3 is 14.6 Å². The number of halogens is 1. The number of ether oxygens (including phenoxy) is 1. The van der Waals surface area contributed by atoms with E-state index in [4.69, 9.17) is 4.74 Å². The van der Waals surface area contributed by atoms with Gasteiger partial charge in [-0.2, -0.15) is 0 Å². The van der Waals surface area contributed by atoms with Crippen LogP contribution in [0.15, 0.2) is 42.5 Å². The van der Waals surface area contributed by atoms with Crippen molar-refractivity contribution in [2.24, 2.45) is 0 Å². The zero-order valence-corrected chi connectivity index (χ0v) is 17.0. The van der Waals surface area contributed by atoms with Crippen LogP contribution in [0.1, 0.15) is 49.4 Å². The van der Waals surface area contributed by atoms with Crippen LogP contribution in [0.5, 0.6) is 0 Å². The van der Waals surface area contributed by atoms with E-state index < -0.39 is 0 Å². The fourth-order valence-corrected chi connectivity index (χ4v) is 4.00. The lowest BCUT2D eigenvalue weighted by Crippen LogP contribution is -2.36. The van der Waals surface area contributed by atoms with Crippen LogP contribution in [0.3, 0.4) is 0 Å². The molecule has 1 aliphatic heterocycles. The smallest absolute Gasteiger partial charge is 0.146 e. The second kappa shape index (κ2) is 7.96. The van der Waals surface area contributed by atoms with Gasteiger partial charge in [0.15, 0.2) is 0 Å². The molecule has 1 aliphatic rings. The number of hydrogen-bond acceptors (Lipinski definition) is 2. The van der Waals surface area contributed by atoms with Crippen LogP contribution in [-0.2, 0) is 11.2 Å². The van der Waals surface area contributed by atoms with Crippen LogP contribution in [0.25, 0.3) is 10.9 Å². The minimum absolute atomic E-state index is 0.132. The maximum absolute atomic E-state index is 14.7. The minimum Gasteiger partial charge on any atom is -0.378 e. The number of hydrogen-bond donors (Lipinski definition) is 1. The highest BCUT2D eigenvalue weighted by molar-refractivity contribution is 5.81. The van der Waals surface area contributed by atoms with Crippen LogP contribution in [0.2, 0.25) is 0 Å². The number of rotatable bonds is 5. The summed E-state index contributed by atoms with van der Waals surface area (Å²) in [5.74, 6) is 0.612. The average molecular weight is 381 g/mol. The summed E-state index contributed by atoms with van der Waals surface area (Å²) in [6.07, 6.45) is 0.891. The van der Waals surface area contributed by atoms with Crippen molar-refractivity contribution in [2.45, 2.75) is 39.0 Å². The van der Waals surface area contributed by atoms with E-state index in [9.17, 15) is 4.39 Å². The van der Waals surface area contributed by atoms with Crippen molar-refractivity contribution in [1.29, 1.82) is 0 Å². The maximum Gasteiger partial charge on any atom is 0.146 e. The molecule has 28 heavy (non-hydrogen) atoms. The predicted octanol–water partition coefficient (Wildman–Crippen LogP) is 5.61. The number of fused-ring (bicyclic) bond motifs is 1. The zero-order valence-electron chi connectivity index (χ0n) is 17.0. The molecule has 2 aromatic carbocycles. The first kappa shape index (κ1) is 19.0. The topological polar surface area (TPSA) is 28.3 Å². The largest absolute Gasteiger partial charge is 0.378 e. The molecule has 148 valence electrons. The molecular weight excluding hydrogens is 351 g/mol. The van der Waals surface area contributed by atoms with Gasteiger partial charge in [-0.05, 0) is 59.0 Å². The Hall–Kier alpha value is -2.33. The molecule has 0 bridgehead atoms. The van der Waals surface area contributed by atoms with Crippen LogP contribution in [0.4, 0.5) is 10.1 Å². The predicted molar refractivity (Wildman–Crippen MR) is 114 cm³/mol.